The van der Waals surface area contributed by atoms with Crippen molar-refractivity contribution < 1.29 is 4.42 Å². The summed E-state index contributed by atoms with van der Waals surface area (Å²) in [6.45, 7) is 4.00. The van der Waals surface area contributed by atoms with E-state index < -0.39 is 0 Å². The second kappa shape index (κ2) is 5.25. The predicted molar refractivity (Wildman–Crippen MR) is 82.7 cm³/mol. The summed E-state index contributed by atoms with van der Waals surface area (Å²) in [6.07, 6.45) is 3.55. The molecule has 0 saturated heterocycles. The van der Waals surface area contributed by atoms with E-state index in [4.69, 9.17) is 4.42 Å². The Bertz CT molecular complexity index is 754. The van der Waals surface area contributed by atoms with Crippen LogP contribution in [0.4, 0.5) is 5.69 Å². The molecule has 3 aromatic heterocycles. The Morgan fingerprint density at radius 3 is 2.85 bits per heavy atom. The van der Waals surface area contributed by atoms with Crippen LogP contribution in [0.15, 0.2) is 45.5 Å². The van der Waals surface area contributed by atoms with Gasteiger partial charge in [0.05, 0.1) is 17.2 Å². The standard InChI is InChI=1S/C15H14BrN3O/c1-9-3-4-14(20-9)10(2)19-12-5-6-17-13-7-11(16)8-18-15(12)13/h3-8,10H,1-2H3,(H,17,19). The van der Waals surface area contributed by atoms with Crippen LogP contribution in [0.1, 0.15) is 24.5 Å². The van der Waals surface area contributed by atoms with Crippen LogP contribution in [0, 0.1) is 6.92 Å². The largest absolute Gasteiger partial charge is 0.464 e. The summed E-state index contributed by atoms with van der Waals surface area (Å²) in [6, 6.07) is 7.90. The molecule has 0 aliphatic carbocycles. The number of fused-ring (bicyclic) bond motifs is 1. The fourth-order valence-electron chi connectivity index (χ4n) is 2.11. The minimum Gasteiger partial charge on any atom is -0.464 e. The fourth-order valence-corrected chi connectivity index (χ4v) is 2.43. The number of pyridine rings is 2. The van der Waals surface area contributed by atoms with Crippen LogP contribution < -0.4 is 5.32 Å². The van der Waals surface area contributed by atoms with E-state index in [9.17, 15) is 0 Å². The molecule has 0 aliphatic rings. The lowest BCUT2D eigenvalue weighted by Crippen LogP contribution is -2.06. The minimum absolute atomic E-state index is 0.0692. The van der Waals surface area contributed by atoms with Gasteiger partial charge in [-0.3, -0.25) is 9.97 Å². The number of halogens is 1. The Hall–Kier alpha value is -1.88. The zero-order valence-electron chi connectivity index (χ0n) is 11.2. The van der Waals surface area contributed by atoms with E-state index in [0.29, 0.717) is 0 Å². The van der Waals surface area contributed by atoms with Gasteiger partial charge in [-0.1, -0.05) is 0 Å². The molecule has 1 N–H and O–H groups in total. The molecule has 20 heavy (non-hydrogen) atoms. The van der Waals surface area contributed by atoms with Crippen molar-refractivity contribution >= 4 is 32.7 Å². The first-order valence-corrected chi connectivity index (χ1v) is 7.16. The van der Waals surface area contributed by atoms with Crippen molar-refractivity contribution in [2.24, 2.45) is 0 Å². The first-order valence-electron chi connectivity index (χ1n) is 6.36. The van der Waals surface area contributed by atoms with Crippen LogP contribution in [0.25, 0.3) is 11.0 Å². The second-order valence-electron chi connectivity index (χ2n) is 4.69. The van der Waals surface area contributed by atoms with Gasteiger partial charge in [-0.2, -0.15) is 0 Å². The molecule has 1 unspecified atom stereocenters. The Morgan fingerprint density at radius 1 is 1.25 bits per heavy atom. The number of hydrogen-bond donors (Lipinski definition) is 1. The van der Waals surface area contributed by atoms with Crippen molar-refractivity contribution in [1.29, 1.82) is 0 Å². The zero-order valence-corrected chi connectivity index (χ0v) is 12.8. The first-order chi connectivity index (χ1) is 9.63. The van der Waals surface area contributed by atoms with Crippen LogP contribution in [0.2, 0.25) is 0 Å². The van der Waals surface area contributed by atoms with Gasteiger partial charge in [0.25, 0.3) is 0 Å². The van der Waals surface area contributed by atoms with Crippen molar-refractivity contribution in [3.8, 4) is 0 Å². The molecule has 4 nitrogen and oxygen atoms in total. The molecule has 1 atom stereocenters. The molecule has 0 aliphatic heterocycles. The van der Waals surface area contributed by atoms with E-state index in [0.717, 1.165) is 32.7 Å². The molecule has 0 aromatic carbocycles. The van der Waals surface area contributed by atoms with Crippen molar-refractivity contribution in [2.75, 3.05) is 5.32 Å². The van der Waals surface area contributed by atoms with Crippen molar-refractivity contribution in [1.82, 2.24) is 9.97 Å². The lowest BCUT2D eigenvalue weighted by molar-refractivity contribution is 0.467. The van der Waals surface area contributed by atoms with Crippen LogP contribution in [-0.4, -0.2) is 9.97 Å². The maximum Gasteiger partial charge on any atom is 0.126 e. The van der Waals surface area contributed by atoms with Gasteiger partial charge in [0.2, 0.25) is 0 Å². The number of aromatic nitrogens is 2. The third-order valence-corrected chi connectivity index (χ3v) is 3.54. The summed E-state index contributed by atoms with van der Waals surface area (Å²) >= 11 is 3.41. The SMILES string of the molecule is Cc1ccc(C(C)Nc2ccnc3cc(Br)cnc23)o1. The number of anilines is 1. The smallest absolute Gasteiger partial charge is 0.126 e. The van der Waals surface area contributed by atoms with Crippen LogP contribution >= 0.6 is 15.9 Å². The molecular weight excluding hydrogens is 318 g/mol. The van der Waals surface area contributed by atoms with Crippen LogP contribution in [0.5, 0.6) is 0 Å². The third kappa shape index (κ3) is 2.54. The van der Waals surface area contributed by atoms with Gasteiger partial charge in [-0.25, -0.2) is 0 Å². The molecule has 102 valence electrons. The molecular formula is C15H14BrN3O. The quantitative estimate of drug-likeness (QED) is 0.769. The van der Waals surface area contributed by atoms with E-state index >= 15 is 0 Å². The van der Waals surface area contributed by atoms with Gasteiger partial charge in [-0.05, 0) is 54.0 Å². The lowest BCUT2D eigenvalue weighted by Gasteiger charge is -2.14. The monoisotopic (exact) mass is 331 g/mol. The van der Waals surface area contributed by atoms with Crippen molar-refractivity contribution in [3.05, 3.63) is 52.7 Å². The van der Waals surface area contributed by atoms with Crippen molar-refractivity contribution in [3.63, 3.8) is 0 Å². The summed E-state index contributed by atoms with van der Waals surface area (Å²) in [7, 11) is 0. The van der Waals surface area contributed by atoms with Gasteiger partial charge in [0.15, 0.2) is 0 Å². The lowest BCUT2D eigenvalue weighted by atomic mass is 10.2. The van der Waals surface area contributed by atoms with Gasteiger partial charge < -0.3 is 9.73 Å². The van der Waals surface area contributed by atoms with E-state index in [1.54, 1.807) is 12.4 Å². The average Bonchev–Trinajstić information content (AvgIpc) is 2.85. The summed E-state index contributed by atoms with van der Waals surface area (Å²) in [4.78, 5) is 8.76. The summed E-state index contributed by atoms with van der Waals surface area (Å²) in [5.74, 6) is 1.82. The first kappa shape index (κ1) is 13.1. The molecule has 0 saturated carbocycles. The molecule has 0 bridgehead atoms. The van der Waals surface area contributed by atoms with Crippen LogP contribution in [-0.2, 0) is 0 Å². The highest BCUT2D eigenvalue weighted by atomic mass is 79.9. The topological polar surface area (TPSA) is 51.0 Å². The maximum absolute atomic E-state index is 5.64. The molecule has 3 heterocycles. The third-order valence-electron chi connectivity index (χ3n) is 3.10. The van der Waals surface area contributed by atoms with Gasteiger partial charge >= 0.3 is 0 Å². The molecule has 0 fully saturated rings. The number of hydrogen-bond acceptors (Lipinski definition) is 4. The number of furan rings is 1. The molecule has 0 amide bonds. The van der Waals surface area contributed by atoms with E-state index in [-0.39, 0.29) is 6.04 Å². The summed E-state index contributed by atoms with van der Waals surface area (Å²) in [5, 5.41) is 3.42. The number of rotatable bonds is 3. The highest BCUT2D eigenvalue weighted by Crippen LogP contribution is 2.26. The number of aryl methyl sites for hydroxylation is 1. The Labute approximate surface area is 125 Å². The van der Waals surface area contributed by atoms with Gasteiger partial charge in [-0.15, -0.1) is 0 Å². The average molecular weight is 332 g/mol. The number of nitrogens with one attached hydrogen (secondary N) is 1. The highest BCUT2D eigenvalue weighted by molar-refractivity contribution is 9.10. The van der Waals surface area contributed by atoms with Gasteiger partial charge in [0, 0.05) is 16.9 Å². The maximum atomic E-state index is 5.64. The number of nitrogens with zero attached hydrogens (tertiary/aromatic N) is 2. The molecule has 0 radical (unpaired) electrons. The Kier molecular flexibility index (Phi) is 3.44. The normalized spacial score (nSPS) is 12.6. The van der Waals surface area contributed by atoms with E-state index in [2.05, 4.69) is 38.1 Å². The minimum atomic E-state index is 0.0692. The van der Waals surface area contributed by atoms with Crippen molar-refractivity contribution in [2.45, 2.75) is 19.9 Å². The van der Waals surface area contributed by atoms with Gasteiger partial charge in [0.1, 0.15) is 17.0 Å². The molecule has 3 aromatic rings. The molecule has 3 rings (SSSR count). The molecule has 5 heteroatoms. The highest BCUT2D eigenvalue weighted by Gasteiger charge is 2.12. The Morgan fingerprint density at radius 2 is 2.10 bits per heavy atom. The van der Waals surface area contributed by atoms with E-state index in [1.807, 2.05) is 31.2 Å². The zero-order chi connectivity index (χ0) is 14.1. The summed E-state index contributed by atoms with van der Waals surface area (Å²) in [5.41, 5.74) is 2.65. The Balaban J connectivity index is 1.94. The predicted octanol–water partition coefficient (Wildman–Crippen LogP) is 4.47. The molecule has 0 spiro atoms. The summed E-state index contributed by atoms with van der Waals surface area (Å²) < 4.78 is 6.56. The van der Waals surface area contributed by atoms with E-state index in [1.165, 1.54) is 0 Å². The second-order valence-corrected chi connectivity index (χ2v) is 5.61. The fraction of sp³-hybridized carbons (Fsp3) is 0.200. The van der Waals surface area contributed by atoms with Crippen LogP contribution in [0.3, 0.4) is 0 Å².